The predicted octanol–water partition coefficient (Wildman–Crippen LogP) is 3.88. The van der Waals surface area contributed by atoms with Crippen LogP contribution in [-0.2, 0) is 12.3 Å². The highest BCUT2D eigenvalue weighted by Crippen LogP contribution is 2.35. The van der Waals surface area contributed by atoms with Crippen LogP contribution in [0.3, 0.4) is 0 Å². The summed E-state index contributed by atoms with van der Waals surface area (Å²) < 4.78 is 17.8. The van der Waals surface area contributed by atoms with E-state index in [9.17, 15) is 4.79 Å². The average Bonchev–Trinajstić information content (AvgIpc) is 3.43. The lowest BCUT2D eigenvalue weighted by atomic mass is 10.2. The summed E-state index contributed by atoms with van der Waals surface area (Å²) in [7, 11) is 0. The number of hydrogen-bond acceptors (Lipinski definition) is 8. The minimum Gasteiger partial charge on any atom is -0.454 e. The van der Waals surface area contributed by atoms with Crippen molar-refractivity contribution in [1.82, 2.24) is 19.7 Å². The highest BCUT2D eigenvalue weighted by atomic mass is 32.2. The summed E-state index contributed by atoms with van der Waals surface area (Å²) in [6.45, 7) is 2.85. The van der Waals surface area contributed by atoms with Crippen LogP contribution in [0.5, 0.6) is 11.5 Å². The molecule has 0 saturated heterocycles. The van der Waals surface area contributed by atoms with E-state index in [0.29, 0.717) is 51.6 Å². The maximum atomic E-state index is 12.9. The molecule has 1 aliphatic heterocycles. The van der Waals surface area contributed by atoms with Gasteiger partial charge in [0, 0.05) is 12.1 Å². The van der Waals surface area contributed by atoms with Crippen molar-refractivity contribution in [3.63, 3.8) is 0 Å². The Morgan fingerprint density at radius 1 is 1.10 bits per heavy atom. The van der Waals surface area contributed by atoms with E-state index in [1.165, 1.54) is 11.8 Å². The number of ether oxygens (including phenoxy) is 2. The summed E-state index contributed by atoms with van der Waals surface area (Å²) in [6.07, 6.45) is 0.836. The van der Waals surface area contributed by atoms with E-state index in [-0.39, 0.29) is 12.4 Å². The number of hydrogen-bond donors (Lipinski definition) is 0. The van der Waals surface area contributed by atoms with Crippen LogP contribution in [0.15, 0.2) is 56.9 Å². The van der Waals surface area contributed by atoms with Crippen LogP contribution < -0.4 is 15.0 Å². The second-order valence-corrected chi connectivity index (χ2v) is 7.68. The Morgan fingerprint density at radius 3 is 2.87 bits per heavy atom. The van der Waals surface area contributed by atoms with E-state index in [2.05, 4.69) is 15.1 Å². The summed E-state index contributed by atoms with van der Waals surface area (Å²) in [4.78, 5) is 22.0. The predicted molar refractivity (Wildman–Crippen MR) is 112 cm³/mol. The van der Waals surface area contributed by atoms with Crippen molar-refractivity contribution in [2.75, 3.05) is 6.79 Å². The molecule has 0 bridgehead atoms. The van der Waals surface area contributed by atoms with Gasteiger partial charge in [-0.05, 0) is 36.8 Å². The largest absolute Gasteiger partial charge is 0.454 e. The standard InChI is InChI=1S/C21H18N4O4S/c1-2-9-25-20(26)14-5-3-4-6-15(14)22-21(25)30-11-18-23-19(24-29-18)13-7-8-16-17(10-13)28-12-27-16/h3-8,10H,2,9,11-12H2,1H3. The highest BCUT2D eigenvalue weighted by Gasteiger charge is 2.17. The fraction of sp³-hybridized carbons (Fsp3) is 0.238. The summed E-state index contributed by atoms with van der Waals surface area (Å²) in [5.74, 6) is 2.71. The molecular formula is C21H18N4O4S. The van der Waals surface area contributed by atoms with Gasteiger partial charge in [0.1, 0.15) is 0 Å². The third-order valence-corrected chi connectivity index (χ3v) is 5.66. The molecule has 0 amide bonds. The zero-order chi connectivity index (χ0) is 20.5. The molecule has 30 heavy (non-hydrogen) atoms. The summed E-state index contributed by atoms with van der Waals surface area (Å²) in [6, 6.07) is 12.9. The molecule has 0 radical (unpaired) electrons. The molecule has 4 aromatic rings. The van der Waals surface area contributed by atoms with E-state index in [0.717, 1.165) is 12.0 Å². The SMILES string of the molecule is CCCn1c(SCc2nc(-c3ccc4c(c3)OCO4)no2)nc2ccccc2c1=O. The monoisotopic (exact) mass is 422 g/mol. The normalized spacial score (nSPS) is 12.6. The highest BCUT2D eigenvalue weighted by molar-refractivity contribution is 7.98. The summed E-state index contributed by atoms with van der Waals surface area (Å²) in [5.41, 5.74) is 1.44. The van der Waals surface area contributed by atoms with E-state index >= 15 is 0 Å². The molecule has 0 atom stereocenters. The van der Waals surface area contributed by atoms with Crippen LogP contribution in [0, 0.1) is 0 Å². The Morgan fingerprint density at radius 2 is 1.97 bits per heavy atom. The molecule has 8 nitrogen and oxygen atoms in total. The molecule has 3 heterocycles. The summed E-state index contributed by atoms with van der Waals surface area (Å²) in [5, 5.41) is 5.33. The minimum absolute atomic E-state index is 0.0310. The molecule has 0 aliphatic carbocycles. The molecule has 0 N–H and O–H groups in total. The number of nitrogens with zero attached hydrogens (tertiary/aromatic N) is 4. The number of rotatable bonds is 6. The van der Waals surface area contributed by atoms with Crippen molar-refractivity contribution in [2.24, 2.45) is 0 Å². The van der Waals surface area contributed by atoms with Gasteiger partial charge in [0.05, 0.1) is 16.7 Å². The van der Waals surface area contributed by atoms with Gasteiger partial charge < -0.3 is 14.0 Å². The van der Waals surface area contributed by atoms with E-state index < -0.39 is 0 Å². The van der Waals surface area contributed by atoms with E-state index in [4.69, 9.17) is 14.0 Å². The van der Waals surface area contributed by atoms with Crippen LogP contribution in [0.1, 0.15) is 19.2 Å². The van der Waals surface area contributed by atoms with Gasteiger partial charge in [-0.3, -0.25) is 9.36 Å². The third-order valence-electron chi connectivity index (χ3n) is 4.70. The lowest BCUT2D eigenvalue weighted by Gasteiger charge is -2.11. The first-order chi connectivity index (χ1) is 14.7. The van der Waals surface area contributed by atoms with Gasteiger partial charge in [0.2, 0.25) is 18.5 Å². The van der Waals surface area contributed by atoms with Gasteiger partial charge in [0.15, 0.2) is 16.7 Å². The fourth-order valence-corrected chi connectivity index (χ4v) is 4.13. The van der Waals surface area contributed by atoms with Crippen LogP contribution in [0.25, 0.3) is 22.3 Å². The number of benzene rings is 2. The molecule has 2 aromatic heterocycles. The zero-order valence-electron chi connectivity index (χ0n) is 16.2. The molecule has 5 rings (SSSR count). The number of aromatic nitrogens is 4. The zero-order valence-corrected chi connectivity index (χ0v) is 17.0. The van der Waals surface area contributed by atoms with Gasteiger partial charge >= 0.3 is 0 Å². The number of para-hydroxylation sites is 1. The van der Waals surface area contributed by atoms with Gasteiger partial charge in [-0.25, -0.2) is 4.98 Å². The maximum Gasteiger partial charge on any atom is 0.262 e. The second kappa shape index (κ2) is 7.83. The molecule has 1 aliphatic rings. The quantitative estimate of drug-likeness (QED) is 0.341. The first-order valence-corrected chi connectivity index (χ1v) is 10.6. The van der Waals surface area contributed by atoms with Crippen molar-refractivity contribution in [1.29, 1.82) is 0 Å². The Hall–Kier alpha value is -3.33. The smallest absolute Gasteiger partial charge is 0.262 e. The van der Waals surface area contributed by atoms with Crippen LogP contribution in [0.4, 0.5) is 0 Å². The Labute approximate surface area is 175 Å². The van der Waals surface area contributed by atoms with E-state index in [1.807, 2.05) is 43.3 Å². The van der Waals surface area contributed by atoms with Crippen molar-refractivity contribution >= 4 is 22.7 Å². The number of thioether (sulfide) groups is 1. The van der Waals surface area contributed by atoms with Crippen molar-refractivity contribution in [3.05, 3.63) is 58.7 Å². The lowest BCUT2D eigenvalue weighted by molar-refractivity contribution is 0.174. The van der Waals surface area contributed by atoms with Crippen molar-refractivity contribution in [2.45, 2.75) is 30.8 Å². The van der Waals surface area contributed by atoms with Crippen molar-refractivity contribution in [3.8, 4) is 22.9 Å². The van der Waals surface area contributed by atoms with Gasteiger partial charge in [0.25, 0.3) is 5.56 Å². The van der Waals surface area contributed by atoms with Crippen LogP contribution in [0.2, 0.25) is 0 Å². The minimum atomic E-state index is -0.0310. The lowest BCUT2D eigenvalue weighted by Crippen LogP contribution is -2.23. The third kappa shape index (κ3) is 3.41. The number of fused-ring (bicyclic) bond motifs is 2. The molecule has 9 heteroatoms. The molecule has 2 aromatic carbocycles. The Kier molecular flexibility index (Phi) is 4.88. The molecule has 0 spiro atoms. The second-order valence-electron chi connectivity index (χ2n) is 6.74. The molecular weight excluding hydrogens is 404 g/mol. The summed E-state index contributed by atoms with van der Waals surface area (Å²) >= 11 is 1.41. The topological polar surface area (TPSA) is 92.3 Å². The fourth-order valence-electron chi connectivity index (χ4n) is 3.27. The first-order valence-electron chi connectivity index (χ1n) is 9.58. The van der Waals surface area contributed by atoms with Gasteiger partial charge in [-0.1, -0.05) is 36.0 Å². The average molecular weight is 422 g/mol. The van der Waals surface area contributed by atoms with E-state index in [1.54, 1.807) is 10.6 Å². The van der Waals surface area contributed by atoms with Crippen molar-refractivity contribution < 1.29 is 14.0 Å². The van der Waals surface area contributed by atoms with Gasteiger partial charge in [-0.15, -0.1) is 0 Å². The molecule has 0 unspecified atom stereocenters. The van der Waals surface area contributed by atoms with Crippen LogP contribution >= 0.6 is 11.8 Å². The molecule has 0 saturated carbocycles. The Balaban J connectivity index is 1.40. The van der Waals surface area contributed by atoms with Crippen LogP contribution in [-0.4, -0.2) is 26.5 Å². The molecule has 0 fully saturated rings. The molecule has 152 valence electrons. The maximum absolute atomic E-state index is 12.9. The Bertz CT molecular complexity index is 1280. The first kappa shape index (κ1) is 18.7. The van der Waals surface area contributed by atoms with Gasteiger partial charge in [-0.2, -0.15) is 4.98 Å².